The second-order valence-electron chi connectivity index (χ2n) is 3.30. The lowest BCUT2D eigenvalue weighted by atomic mass is 10.3. The molecule has 1 atom stereocenters. The van der Waals surface area contributed by atoms with Crippen LogP contribution >= 0.6 is 43.2 Å². The molecule has 0 saturated carbocycles. The lowest BCUT2D eigenvalue weighted by molar-refractivity contribution is 0.199. The fraction of sp³-hybridized carbons (Fsp3) is 0.556. The van der Waals surface area contributed by atoms with Crippen molar-refractivity contribution in [3.63, 3.8) is 0 Å². The number of halogens is 2. The normalized spacial score (nSPS) is 13.8. The summed E-state index contributed by atoms with van der Waals surface area (Å²) in [5, 5.41) is 1.73. The first-order chi connectivity index (χ1) is 7.97. The van der Waals surface area contributed by atoms with E-state index in [-0.39, 0.29) is 4.83 Å². The van der Waals surface area contributed by atoms with Gasteiger partial charge >= 0.3 is 0 Å². The maximum Gasteiger partial charge on any atom is 0.251 e. The van der Waals surface area contributed by atoms with E-state index in [9.17, 15) is 8.42 Å². The van der Waals surface area contributed by atoms with Crippen LogP contribution in [0.15, 0.2) is 20.1 Å². The van der Waals surface area contributed by atoms with E-state index in [4.69, 9.17) is 4.74 Å². The third kappa shape index (κ3) is 4.96. The van der Waals surface area contributed by atoms with E-state index in [1.54, 1.807) is 18.6 Å². The van der Waals surface area contributed by atoms with Crippen molar-refractivity contribution in [2.24, 2.45) is 0 Å². The number of methoxy groups -OCH3 is 1. The number of rotatable bonds is 7. The number of hydrogen-bond donors (Lipinski definition) is 1. The summed E-state index contributed by atoms with van der Waals surface area (Å²) in [7, 11) is -1.79. The summed E-state index contributed by atoms with van der Waals surface area (Å²) in [5.74, 6) is 0. The van der Waals surface area contributed by atoms with Crippen molar-refractivity contribution in [1.82, 2.24) is 4.72 Å². The van der Waals surface area contributed by atoms with Gasteiger partial charge < -0.3 is 4.74 Å². The molecule has 1 unspecified atom stereocenters. The minimum absolute atomic E-state index is 0.155. The zero-order chi connectivity index (χ0) is 12.9. The summed E-state index contributed by atoms with van der Waals surface area (Å²) >= 11 is 7.80. The van der Waals surface area contributed by atoms with E-state index in [1.165, 1.54) is 11.3 Å². The van der Waals surface area contributed by atoms with Gasteiger partial charge in [0.15, 0.2) is 0 Å². The van der Waals surface area contributed by atoms with Crippen LogP contribution < -0.4 is 4.72 Å². The Morgan fingerprint density at radius 1 is 1.59 bits per heavy atom. The van der Waals surface area contributed by atoms with Crippen molar-refractivity contribution in [3.8, 4) is 0 Å². The van der Waals surface area contributed by atoms with Gasteiger partial charge in [-0.3, -0.25) is 0 Å². The third-order valence-electron chi connectivity index (χ3n) is 1.93. The molecule has 0 bridgehead atoms. The molecular weight excluding hydrogens is 394 g/mol. The monoisotopic (exact) mass is 405 g/mol. The number of nitrogens with one attached hydrogen (secondary N) is 1. The Kier molecular flexibility index (Phi) is 6.60. The highest BCUT2D eigenvalue weighted by molar-refractivity contribution is 9.10. The average molecular weight is 407 g/mol. The van der Waals surface area contributed by atoms with Gasteiger partial charge in [0.1, 0.15) is 4.21 Å². The third-order valence-corrected chi connectivity index (χ3v) is 6.78. The number of ether oxygens (including phenoxy) is 1. The van der Waals surface area contributed by atoms with Gasteiger partial charge in [-0.2, -0.15) is 0 Å². The Balaban J connectivity index is 2.49. The quantitative estimate of drug-likeness (QED) is 0.708. The van der Waals surface area contributed by atoms with Gasteiger partial charge in [0.2, 0.25) is 0 Å². The second kappa shape index (κ2) is 7.20. The molecule has 0 fully saturated rings. The Morgan fingerprint density at radius 3 is 2.82 bits per heavy atom. The summed E-state index contributed by atoms with van der Waals surface area (Å²) < 4.78 is 32.2. The van der Waals surface area contributed by atoms with E-state index < -0.39 is 10.0 Å². The van der Waals surface area contributed by atoms with Gasteiger partial charge in [-0.1, -0.05) is 15.9 Å². The molecule has 4 nitrogen and oxygen atoms in total. The van der Waals surface area contributed by atoms with Crippen molar-refractivity contribution < 1.29 is 13.2 Å². The zero-order valence-corrected chi connectivity index (χ0v) is 14.0. The van der Waals surface area contributed by atoms with E-state index in [1.807, 2.05) is 0 Å². The molecule has 1 aromatic rings. The molecule has 1 heterocycles. The Bertz CT molecular complexity index is 447. The van der Waals surface area contributed by atoms with Crippen molar-refractivity contribution in [1.29, 1.82) is 0 Å². The fourth-order valence-electron chi connectivity index (χ4n) is 1.15. The average Bonchev–Trinajstić information content (AvgIpc) is 2.65. The van der Waals surface area contributed by atoms with Gasteiger partial charge in [0.25, 0.3) is 10.0 Å². The first kappa shape index (κ1) is 15.6. The molecule has 17 heavy (non-hydrogen) atoms. The highest BCUT2D eigenvalue weighted by Crippen LogP contribution is 2.27. The number of sulfonamides is 1. The first-order valence-electron chi connectivity index (χ1n) is 4.83. The van der Waals surface area contributed by atoms with E-state index in [0.717, 1.165) is 0 Å². The topological polar surface area (TPSA) is 55.4 Å². The fourth-order valence-corrected chi connectivity index (χ4v) is 5.07. The number of hydrogen-bond acceptors (Lipinski definition) is 4. The van der Waals surface area contributed by atoms with Crippen molar-refractivity contribution in [2.75, 3.05) is 20.3 Å². The molecule has 0 amide bonds. The molecule has 98 valence electrons. The van der Waals surface area contributed by atoms with Crippen LogP contribution in [0, 0.1) is 0 Å². The maximum absolute atomic E-state index is 11.9. The zero-order valence-electron chi connectivity index (χ0n) is 9.15. The Hall–Kier alpha value is 0.530. The molecule has 1 rings (SSSR count). The Morgan fingerprint density at radius 2 is 2.29 bits per heavy atom. The number of thiophene rings is 1. The van der Waals surface area contributed by atoms with Crippen LogP contribution in [0.3, 0.4) is 0 Å². The van der Waals surface area contributed by atoms with E-state index in [0.29, 0.717) is 28.3 Å². The summed E-state index contributed by atoms with van der Waals surface area (Å²) in [6.45, 7) is 0.941. The van der Waals surface area contributed by atoms with Crippen LogP contribution in [0.5, 0.6) is 0 Å². The molecule has 1 N–H and O–H groups in total. The van der Waals surface area contributed by atoms with Crippen LogP contribution in [-0.2, 0) is 14.8 Å². The molecule has 0 spiro atoms. The molecule has 0 aliphatic carbocycles. The standard InChI is InChI=1S/C9H13Br2NO3S2/c1-15-6-7(10)2-4-12-17(13,14)9-8(11)3-5-16-9/h3,5,7,12H,2,4,6H2,1H3. The first-order valence-corrected chi connectivity index (χ1v) is 8.90. The largest absolute Gasteiger partial charge is 0.384 e. The van der Waals surface area contributed by atoms with Crippen molar-refractivity contribution in [3.05, 3.63) is 15.9 Å². The molecule has 0 saturated heterocycles. The van der Waals surface area contributed by atoms with Gasteiger partial charge in [0, 0.05) is 23.0 Å². The maximum atomic E-state index is 11.9. The molecule has 0 aliphatic heterocycles. The van der Waals surface area contributed by atoms with Gasteiger partial charge in [-0.05, 0) is 33.8 Å². The van der Waals surface area contributed by atoms with Crippen molar-refractivity contribution >= 4 is 53.2 Å². The second-order valence-corrected chi connectivity index (χ2v) is 8.32. The lowest BCUT2D eigenvalue weighted by Gasteiger charge is -2.09. The summed E-state index contributed by atoms with van der Waals surface area (Å²) in [6, 6.07) is 1.72. The predicted octanol–water partition coefficient (Wildman–Crippen LogP) is 2.59. The van der Waals surface area contributed by atoms with Crippen LogP contribution in [0.25, 0.3) is 0 Å². The molecule has 0 aromatic carbocycles. The Labute approximate surface area is 122 Å². The molecular formula is C9H13Br2NO3S2. The molecule has 1 aromatic heterocycles. The molecule has 8 heteroatoms. The number of alkyl halides is 1. The van der Waals surface area contributed by atoms with Crippen LogP contribution in [0.2, 0.25) is 0 Å². The SMILES string of the molecule is COCC(Br)CCNS(=O)(=O)c1sccc1Br. The summed E-state index contributed by atoms with van der Waals surface area (Å²) in [6.07, 6.45) is 0.677. The highest BCUT2D eigenvalue weighted by atomic mass is 79.9. The predicted molar refractivity (Wildman–Crippen MR) is 76.4 cm³/mol. The van der Waals surface area contributed by atoms with Crippen LogP contribution in [0.1, 0.15) is 6.42 Å². The minimum Gasteiger partial charge on any atom is -0.384 e. The summed E-state index contributed by atoms with van der Waals surface area (Å²) in [4.78, 5) is 0.155. The van der Waals surface area contributed by atoms with Crippen LogP contribution in [-0.4, -0.2) is 33.5 Å². The lowest BCUT2D eigenvalue weighted by Crippen LogP contribution is -2.26. The van der Waals surface area contributed by atoms with E-state index >= 15 is 0 Å². The van der Waals surface area contributed by atoms with Gasteiger partial charge in [0.05, 0.1) is 6.61 Å². The van der Waals surface area contributed by atoms with E-state index in [2.05, 4.69) is 36.6 Å². The van der Waals surface area contributed by atoms with Gasteiger partial charge in [-0.15, -0.1) is 11.3 Å². The highest BCUT2D eigenvalue weighted by Gasteiger charge is 2.18. The van der Waals surface area contributed by atoms with Crippen LogP contribution in [0.4, 0.5) is 0 Å². The smallest absolute Gasteiger partial charge is 0.251 e. The van der Waals surface area contributed by atoms with Gasteiger partial charge in [-0.25, -0.2) is 13.1 Å². The molecule has 0 radical (unpaired) electrons. The summed E-state index contributed by atoms with van der Waals surface area (Å²) in [5.41, 5.74) is 0. The van der Waals surface area contributed by atoms with Crippen molar-refractivity contribution in [2.45, 2.75) is 15.5 Å². The molecule has 0 aliphatic rings. The minimum atomic E-state index is -3.40.